The lowest BCUT2D eigenvalue weighted by atomic mass is 10.1. The van der Waals surface area contributed by atoms with Gasteiger partial charge in [-0.05, 0) is 47.5 Å². The summed E-state index contributed by atoms with van der Waals surface area (Å²) in [5.41, 5.74) is 4.59. The quantitative estimate of drug-likeness (QED) is 0.268. The number of methoxy groups -OCH3 is 1. The highest BCUT2D eigenvalue weighted by atomic mass is 16.5. The first-order chi connectivity index (χ1) is 20.6. The van der Waals surface area contributed by atoms with E-state index in [0.717, 1.165) is 11.1 Å². The van der Waals surface area contributed by atoms with E-state index in [0.29, 0.717) is 22.7 Å². The molecule has 0 bridgehead atoms. The second kappa shape index (κ2) is 11.6. The molecule has 210 valence electrons. The van der Waals surface area contributed by atoms with Gasteiger partial charge in [0, 0.05) is 13.1 Å². The maximum absolute atomic E-state index is 14.4. The van der Waals surface area contributed by atoms with E-state index in [1.54, 1.807) is 14.7 Å². The Labute approximate surface area is 244 Å². The van der Waals surface area contributed by atoms with Crippen molar-refractivity contribution in [3.63, 3.8) is 0 Å². The number of piperazine rings is 1. The van der Waals surface area contributed by atoms with E-state index in [9.17, 15) is 14.4 Å². The van der Waals surface area contributed by atoms with Gasteiger partial charge in [-0.2, -0.15) is 0 Å². The van der Waals surface area contributed by atoms with Crippen LogP contribution in [0.1, 0.15) is 11.1 Å². The fourth-order valence-corrected chi connectivity index (χ4v) is 5.50. The molecule has 0 unspecified atom stereocenters. The number of nitrogens with zero attached hydrogens (tertiary/aromatic N) is 4. The molecule has 0 saturated carbocycles. The van der Waals surface area contributed by atoms with Crippen LogP contribution in [0.3, 0.4) is 0 Å². The predicted molar refractivity (Wildman–Crippen MR) is 164 cm³/mol. The lowest BCUT2D eigenvalue weighted by molar-refractivity contribution is -0.147. The second-order valence-electron chi connectivity index (χ2n) is 10.0. The highest BCUT2D eigenvalue weighted by molar-refractivity contribution is 6.07. The average Bonchev–Trinajstić information content (AvgIpc) is 3.22. The van der Waals surface area contributed by atoms with Crippen molar-refractivity contribution in [1.29, 1.82) is 0 Å². The molecule has 4 aromatic carbocycles. The van der Waals surface area contributed by atoms with Crippen LogP contribution in [0, 0.1) is 0 Å². The smallest absolute Gasteiger partial charge is 0.330 e. The molecule has 1 fully saturated rings. The van der Waals surface area contributed by atoms with Crippen LogP contribution in [0.2, 0.25) is 0 Å². The summed E-state index contributed by atoms with van der Waals surface area (Å²) in [6, 6.07) is 32.4. The van der Waals surface area contributed by atoms with E-state index in [4.69, 9.17) is 4.74 Å². The Morgan fingerprint density at radius 3 is 1.71 bits per heavy atom. The number of carbonyl (C=O) groups excluding carboxylic acids is 3. The zero-order chi connectivity index (χ0) is 29.1. The Hall–Kier alpha value is -5.37. The van der Waals surface area contributed by atoms with E-state index < -0.39 is 12.0 Å². The molecule has 0 spiro atoms. The standard InChI is InChI=1S/C34H30N4O4/c1-42-32(39)31-24-35(33(40)37(27-14-4-2-5-15-27)28-16-6-3-7-17-28)22-23-36(31)34(41)38-29-18-10-8-12-25(29)20-21-26-13-9-11-19-30(26)38/h2-21,31H,22-24H2,1H3/t31-/m0/s1. The van der Waals surface area contributed by atoms with Gasteiger partial charge >= 0.3 is 18.0 Å². The molecule has 42 heavy (non-hydrogen) atoms. The van der Waals surface area contributed by atoms with E-state index in [1.807, 2.05) is 121 Å². The molecule has 0 aromatic heterocycles. The van der Waals surface area contributed by atoms with E-state index in [-0.39, 0.29) is 31.7 Å². The Morgan fingerprint density at radius 1 is 0.690 bits per heavy atom. The summed E-state index contributed by atoms with van der Waals surface area (Å²) < 4.78 is 5.16. The zero-order valence-electron chi connectivity index (χ0n) is 23.2. The van der Waals surface area contributed by atoms with Crippen molar-refractivity contribution < 1.29 is 19.1 Å². The molecule has 4 amide bonds. The van der Waals surface area contributed by atoms with Gasteiger partial charge in [-0.3, -0.25) is 9.80 Å². The summed E-state index contributed by atoms with van der Waals surface area (Å²) >= 11 is 0. The topological polar surface area (TPSA) is 73.4 Å². The van der Waals surface area contributed by atoms with E-state index >= 15 is 0 Å². The number of benzene rings is 4. The first kappa shape index (κ1) is 26.8. The Balaban J connectivity index is 1.34. The van der Waals surface area contributed by atoms with Gasteiger partial charge in [-0.25, -0.2) is 14.4 Å². The summed E-state index contributed by atoms with van der Waals surface area (Å²) in [6.07, 6.45) is 3.97. The van der Waals surface area contributed by atoms with Gasteiger partial charge in [0.25, 0.3) is 0 Å². The maximum atomic E-state index is 14.4. The van der Waals surface area contributed by atoms with Crippen molar-refractivity contribution in [2.24, 2.45) is 0 Å². The molecule has 6 rings (SSSR count). The number of urea groups is 2. The molecule has 8 nitrogen and oxygen atoms in total. The maximum Gasteiger partial charge on any atom is 0.330 e. The first-order valence-corrected chi connectivity index (χ1v) is 13.8. The highest BCUT2D eigenvalue weighted by Gasteiger charge is 2.42. The lowest BCUT2D eigenvalue weighted by Crippen LogP contribution is -2.62. The summed E-state index contributed by atoms with van der Waals surface area (Å²) in [7, 11) is 1.30. The van der Waals surface area contributed by atoms with Crippen LogP contribution >= 0.6 is 0 Å². The number of esters is 1. The van der Waals surface area contributed by atoms with Gasteiger partial charge in [-0.1, -0.05) is 84.9 Å². The molecule has 2 aliphatic heterocycles. The Morgan fingerprint density at radius 2 is 1.19 bits per heavy atom. The van der Waals surface area contributed by atoms with Crippen LogP contribution in [-0.2, 0) is 9.53 Å². The molecule has 1 saturated heterocycles. The fraction of sp³-hybridized carbons (Fsp3) is 0.147. The van der Waals surface area contributed by atoms with E-state index in [1.165, 1.54) is 12.0 Å². The number of fused-ring (bicyclic) bond motifs is 2. The minimum atomic E-state index is -0.996. The third-order valence-corrected chi connectivity index (χ3v) is 7.58. The molecule has 2 aliphatic rings. The fourth-order valence-electron chi connectivity index (χ4n) is 5.50. The van der Waals surface area contributed by atoms with Crippen LogP contribution in [-0.4, -0.2) is 60.6 Å². The number of amides is 4. The molecule has 8 heteroatoms. The molecule has 0 radical (unpaired) electrons. The number of hydrogen-bond acceptors (Lipinski definition) is 4. The van der Waals surface area contributed by atoms with Gasteiger partial charge in [0.2, 0.25) is 0 Å². The van der Waals surface area contributed by atoms with Gasteiger partial charge < -0.3 is 14.5 Å². The van der Waals surface area contributed by atoms with Crippen molar-refractivity contribution in [1.82, 2.24) is 9.80 Å². The van der Waals surface area contributed by atoms with Crippen LogP contribution < -0.4 is 9.80 Å². The van der Waals surface area contributed by atoms with Gasteiger partial charge in [-0.15, -0.1) is 0 Å². The minimum Gasteiger partial charge on any atom is -0.467 e. The van der Waals surface area contributed by atoms with Crippen molar-refractivity contribution in [3.05, 3.63) is 120 Å². The number of ether oxygens (including phenoxy) is 1. The van der Waals surface area contributed by atoms with E-state index in [2.05, 4.69) is 0 Å². The SMILES string of the molecule is COC(=O)[C@@H]1CN(C(=O)N(c2ccccc2)c2ccccc2)CCN1C(=O)N1c2ccccc2C=Cc2ccccc21. The van der Waals surface area contributed by atoms with Crippen LogP contribution in [0.5, 0.6) is 0 Å². The first-order valence-electron chi connectivity index (χ1n) is 13.8. The number of rotatable bonds is 3. The summed E-state index contributed by atoms with van der Waals surface area (Å²) in [4.78, 5) is 48.1. The molecular weight excluding hydrogens is 528 g/mol. The largest absolute Gasteiger partial charge is 0.467 e. The molecule has 1 atom stereocenters. The van der Waals surface area contributed by atoms with Crippen LogP contribution in [0.25, 0.3) is 12.2 Å². The Bertz CT molecular complexity index is 1550. The normalized spacial score (nSPS) is 15.7. The second-order valence-corrected chi connectivity index (χ2v) is 10.0. The number of carbonyl (C=O) groups is 3. The molecule has 0 N–H and O–H groups in total. The van der Waals surface area contributed by atoms with Crippen molar-refractivity contribution in [2.45, 2.75) is 6.04 Å². The van der Waals surface area contributed by atoms with Gasteiger partial charge in [0.05, 0.1) is 36.4 Å². The predicted octanol–water partition coefficient (Wildman–Crippen LogP) is 6.55. The highest BCUT2D eigenvalue weighted by Crippen LogP contribution is 2.38. The molecule has 0 aliphatic carbocycles. The zero-order valence-corrected chi connectivity index (χ0v) is 23.2. The third kappa shape index (κ3) is 4.99. The van der Waals surface area contributed by atoms with Crippen molar-refractivity contribution in [3.8, 4) is 0 Å². The minimum absolute atomic E-state index is 0.0111. The molecule has 4 aromatic rings. The van der Waals surface area contributed by atoms with Gasteiger partial charge in [0.1, 0.15) is 6.04 Å². The number of hydrogen-bond donors (Lipinski definition) is 0. The summed E-state index contributed by atoms with van der Waals surface area (Å²) in [5, 5.41) is 0. The summed E-state index contributed by atoms with van der Waals surface area (Å²) in [5.74, 6) is -0.582. The molecular formula is C34H30N4O4. The number of anilines is 4. The monoisotopic (exact) mass is 558 g/mol. The summed E-state index contributed by atoms with van der Waals surface area (Å²) in [6.45, 7) is 0.377. The van der Waals surface area contributed by atoms with Crippen LogP contribution in [0.15, 0.2) is 109 Å². The van der Waals surface area contributed by atoms with Crippen LogP contribution in [0.4, 0.5) is 32.3 Å². The number of para-hydroxylation sites is 4. The van der Waals surface area contributed by atoms with Crippen molar-refractivity contribution >= 4 is 52.9 Å². The van der Waals surface area contributed by atoms with Gasteiger partial charge in [0.15, 0.2) is 0 Å². The average molecular weight is 559 g/mol. The Kier molecular flexibility index (Phi) is 7.43. The van der Waals surface area contributed by atoms with Crippen molar-refractivity contribution in [2.75, 3.05) is 36.5 Å². The lowest BCUT2D eigenvalue weighted by Gasteiger charge is -2.43. The third-order valence-electron chi connectivity index (χ3n) is 7.58. The molecule has 2 heterocycles.